The zero-order valence-electron chi connectivity index (χ0n) is 19.1. The first kappa shape index (κ1) is 23.2. The van der Waals surface area contributed by atoms with Crippen molar-refractivity contribution in [2.75, 3.05) is 11.9 Å². The van der Waals surface area contributed by atoms with Gasteiger partial charge in [0.15, 0.2) is 11.2 Å². The zero-order chi connectivity index (χ0) is 23.8. The van der Waals surface area contributed by atoms with Crippen LogP contribution in [0.4, 0.5) is 5.69 Å². The van der Waals surface area contributed by atoms with Crippen LogP contribution in [-0.4, -0.2) is 31.2 Å². The first-order chi connectivity index (χ1) is 15.7. The number of hydrogen-bond donors (Lipinski definition) is 1. The lowest BCUT2D eigenvalue weighted by atomic mass is 10.0. The van der Waals surface area contributed by atoms with Crippen molar-refractivity contribution < 1.29 is 17.6 Å². The van der Waals surface area contributed by atoms with E-state index < -0.39 is 15.9 Å². The Bertz CT molecular complexity index is 1360. The van der Waals surface area contributed by atoms with E-state index in [1.807, 2.05) is 26.8 Å². The summed E-state index contributed by atoms with van der Waals surface area (Å²) in [6.07, 6.45) is 3.56. The second-order valence-corrected chi connectivity index (χ2v) is 10.4. The molecule has 1 aromatic heterocycles. The Morgan fingerprint density at radius 2 is 1.85 bits per heavy atom. The second-order valence-electron chi connectivity index (χ2n) is 8.51. The summed E-state index contributed by atoms with van der Waals surface area (Å²) in [6.45, 7) is 6.28. The first-order valence-corrected chi connectivity index (χ1v) is 12.6. The number of nitrogens with one attached hydrogen (secondary N) is 1. The molecule has 1 aliphatic rings. The van der Waals surface area contributed by atoms with Crippen molar-refractivity contribution >= 4 is 32.6 Å². The molecule has 2 aromatic carbocycles. The number of amides is 1. The van der Waals surface area contributed by atoms with Crippen molar-refractivity contribution in [3.05, 3.63) is 69.6 Å². The lowest BCUT2D eigenvalue weighted by Gasteiger charge is -2.34. The zero-order valence-corrected chi connectivity index (χ0v) is 19.9. The second kappa shape index (κ2) is 9.11. The number of benzene rings is 2. The summed E-state index contributed by atoms with van der Waals surface area (Å²) in [5, 5.41) is 3.11. The van der Waals surface area contributed by atoms with Crippen LogP contribution in [0.5, 0.6) is 0 Å². The molecular formula is C25H28N2O5S. The van der Waals surface area contributed by atoms with Gasteiger partial charge in [-0.3, -0.25) is 9.59 Å². The monoisotopic (exact) mass is 468 g/mol. The molecule has 8 heteroatoms. The fraction of sp³-hybridized carbons (Fsp3) is 0.360. The number of hydrogen-bond acceptors (Lipinski definition) is 5. The molecule has 0 aliphatic carbocycles. The summed E-state index contributed by atoms with van der Waals surface area (Å²) in [4.78, 5) is 25.4. The van der Waals surface area contributed by atoms with E-state index in [0.29, 0.717) is 23.2 Å². The maximum absolute atomic E-state index is 13.1. The van der Waals surface area contributed by atoms with Crippen LogP contribution >= 0.6 is 0 Å². The number of carbonyl (C=O) groups is 1. The number of fused-ring (bicyclic) bond motifs is 1. The van der Waals surface area contributed by atoms with E-state index in [-0.39, 0.29) is 22.1 Å². The molecule has 3 aromatic rings. The molecule has 0 unspecified atom stereocenters. The van der Waals surface area contributed by atoms with Gasteiger partial charge in [-0.25, -0.2) is 8.42 Å². The maximum atomic E-state index is 13.1. The highest BCUT2D eigenvalue weighted by atomic mass is 32.2. The Balaban J connectivity index is 1.56. The van der Waals surface area contributed by atoms with Crippen LogP contribution in [0.15, 0.2) is 56.6 Å². The molecule has 174 valence electrons. The number of anilines is 1. The summed E-state index contributed by atoms with van der Waals surface area (Å²) in [6, 6.07) is 10.8. The normalized spacial score (nSPS) is 17.2. The number of aryl methyl sites for hydroxylation is 2. The molecule has 1 saturated heterocycles. The minimum atomic E-state index is -3.60. The molecule has 0 bridgehead atoms. The highest BCUT2D eigenvalue weighted by Crippen LogP contribution is 2.28. The lowest BCUT2D eigenvalue weighted by molar-refractivity contribution is 0.0997. The van der Waals surface area contributed by atoms with Gasteiger partial charge in [0, 0.05) is 24.3 Å². The number of piperidine rings is 1. The Morgan fingerprint density at radius 3 is 2.55 bits per heavy atom. The van der Waals surface area contributed by atoms with E-state index in [4.69, 9.17) is 4.42 Å². The molecule has 1 fully saturated rings. The van der Waals surface area contributed by atoms with Gasteiger partial charge in [0.1, 0.15) is 5.58 Å². The molecule has 2 heterocycles. The summed E-state index contributed by atoms with van der Waals surface area (Å²) >= 11 is 0. The van der Waals surface area contributed by atoms with E-state index in [2.05, 4.69) is 5.32 Å². The smallest absolute Gasteiger partial charge is 0.291 e. The van der Waals surface area contributed by atoms with Crippen molar-refractivity contribution in [3.8, 4) is 0 Å². The maximum Gasteiger partial charge on any atom is 0.291 e. The van der Waals surface area contributed by atoms with Gasteiger partial charge in [0.25, 0.3) is 5.91 Å². The van der Waals surface area contributed by atoms with Gasteiger partial charge < -0.3 is 9.73 Å². The molecule has 0 spiro atoms. The van der Waals surface area contributed by atoms with Gasteiger partial charge >= 0.3 is 0 Å². The molecule has 4 rings (SSSR count). The van der Waals surface area contributed by atoms with Crippen LogP contribution in [0.3, 0.4) is 0 Å². The van der Waals surface area contributed by atoms with E-state index in [1.54, 1.807) is 22.5 Å². The Hall–Kier alpha value is -2.97. The van der Waals surface area contributed by atoms with E-state index in [9.17, 15) is 18.0 Å². The van der Waals surface area contributed by atoms with Gasteiger partial charge in [-0.1, -0.05) is 19.4 Å². The highest BCUT2D eigenvalue weighted by Gasteiger charge is 2.32. The fourth-order valence-corrected chi connectivity index (χ4v) is 6.07. The van der Waals surface area contributed by atoms with Crippen LogP contribution in [0.1, 0.15) is 54.3 Å². The van der Waals surface area contributed by atoms with Gasteiger partial charge in [-0.2, -0.15) is 4.31 Å². The molecule has 1 aliphatic heterocycles. The van der Waals surface area contributed by atoms with Gasteiger partial charge in [0.05, 0.1) is 10.3 Å². The van der Waals surface area contributed by atoms with Crippen LogP contribution in [-0.2, 0) is 10.0 Å². The molecule has 1 N–H and O–H groups in total. The van der Waals surface area contributed by atoms with Crippen molar-refractivity contribution in [1.29, 1.82) is 0 Å². The van der Waals surface area contributed by atoms with Crippen LogP contribution in [0.25, 0.3) is 11.0 Å². The number of nitrogens with zero attached hydrogens (tertiary/aromatic N) is 1. The molecule has 33 heavy (non-hydrogen) atoms. The minimum absolute atomic E-state index is 0.0195. The van der Waals surface area contributed by atoms with Crippen molar-refractivity contribution in [2.24, 2.45) is 0 Å². The van der Waals surface area contributed by atoms with Crippen molar-refractivity contribution in [1.82, 2.24) is 4.31 Å². The standard InChI is InChI=1S/C25H28N2O5S/c1-4-19-7-5-6-14-27(19)33(30,31)20-11-9-18(10-12-20)26-25(29)23-15-22(28)21-13-8-16(2)17(3)24(21)32-23/h8-13,15,19H,4-7,14H2,1-3H3,(H,26,29)/t19-/m0/s1. The average molecular weight is 469 g/mol. The van der Waals surface area contributed by atoms with Gasteiger partial charge in [-0.15, -0.1) is 0 Å². The third kappa shape index (κ3) is 4.45. The van der Waals surface area contributed by atoms with Gasteiger partial charge in [0.2, 0.25) is 10.0 Å². The summed E-state index contributed by atoms with van der Waals surface area (Å²) in [5.41, 5.74) is 2.27. The van der Waals surface area contributed by atoms with Gasteiger partial charge in [-0.05, 0) is 74.6 Å². The summed E-state index contributed by atoms with van der Waals surface area (Å²) in [5.74, 6) is -0.676. The SMILES string of the molecule is CC[C@H]1CCCCN1S(=O)(=O)c1ccc(NC(=O)c2cc(=O)c3ccc(C)c(C)c3o2)cc1. The summed E-state index contributed by atoms with van der Waals surface area (Å²) in [7, 11) is -3.60. The Labute approximate surface area is 193 Å². The third-order valence-corrected chi connectivity index (χ3v) is 8.37. The van der Waals surface area contributed by atoms with Crippen LogP contribution in [0.2, 0.25) is 0 Å². The summed E-state index contributed by atoms with van der Waals surface area (Å²) < 4.78 is 33.6. The number of carbonyl (C=O) groups excluding carboxylic acids is 1. The number of sulfonamides is 1. The van der Waals surface area contributed by atoms with E-state index >= 15 is 0 Å². The Kier molecular flexibility index (Phi) is 6.41. The van der Waals surface area contributed by atoms with Crippen LogP contribution in [0, 0.1) is 13.8 Å². The molecule has 1 amide bonds. The van der Waals surface area contributed by atoms with Crippen LogP contribution < -0.4 is 10.7 Å². The molecule has 7 nitrogen and oxygen atoms in total. The quantitative estimate of drug-likeness (QED) is 0.590. The molecular weight excluding hydrogens is 440 g/mol. The largest absolute Gasteiger partial charge is 0.450 e. The molecule has 1 atom stereocenters. The van der Waals surface area contributed by atoms with E-state index in [1.165, 1.54) is 18.2 Å². The molecule has 0 saturated carbocycles. The minimum Gasteiger partial charge on any atom is -0.450 e. The predicted octanol–water partition coefficient (Wildman–Crippen LogP) is 4.62. The fourth-order valence-electron chi connectivity index (χ4n) is 4.30. The number of rotatable bonds is 5. The predicted molar refractivity (Wildman–Crippen MR) is 128 cm³/mol. The first-order valence-electron chi connectivity index (χ1n) is 11.2. The molecule has 0 radical (unpaired) electrons. The third-order valence-electron chi connectivity index (χ3n) is 6.40. The Morgan fingerprint density at radius 1 is 1.12 bits per heavy atom. The van der Waals surface area contributed by atoms with Crippen molar-refractivity contribution in [2.45, 2.75) is 57.4 Å². The highest BCUT2D eigenvalue weighted by molar-refractivity contribution is 7.89. The lowest BCUT2D eigenvalue weighted by Crippen LogP contribution is -2.43. The average Bonchev–Trinajstić information content (AvgIpc) is 2.81. The van der Waals surface area contributed by atoms with E-state index in [0.717, 1.165) is 36.8 Å². The van der Waals surface area contributed by atoms with Crippen molar-refractivity contribution in [3.63, 3.8) is 0 Å². The topological polar surface area (TPSA) is 96.7 Å².